The van der Waals surface area contributed by atoms with Crippen LogP contribution in [0.15, 0.2) is 43.2 Å². The molecule has 0 spiro atoms. The summed E-state index contributed by atoms with van der Waals surface area (Å²) in [4.78, 5) is 25.9. The summed E-state index contributed by atoms with van der Waals surface area (Å²) in [6.07, 6.45) is 9.37. The lowest BCUT2D eigenvalue weighted by Gasteiger charge is -2.13. The van der Waals surface area contributed by atoms with E-state index in [1.807, 2.05) is 35.2 Å². The maximum absolute atomic E-state index is 12.3. The fourth-order valence-electron chi connectivity index (χ4n) is 3.78. The van der Waals surface area contributed by atoms with Gasteiger partial charge in [0, 0.05) is 23.7 Å². The normalized spacial score (nSPS) is 13.5. The lowest BCUT2D eigenvalue weighted by atomic mass is 10.1. The Balaban J connectivity index is 1.59. The van der Waals surface area contributed by atoms with Gasteiger partial charge in [-0.25, -0.2) is 9.97 Å². The summed E-state index contributed by atoms with van der Waals surface area (Å²) in [6, 6.07) is 5.55. The van der Waals surface area contributed by atoms with Gasteiger partial charge in [0.2, 0.25) is 0 Å². The molecule has 0 unspecified atom stereocenters. The molecule has 0 radical (unpaired) electrons. The largest absolute Gasteiger partial charge is 0.493 e. The van der Waals surface area contributed by atoms with Gasteiger partial charge in [0.05, 0.1) is 36.7 Å². The van der Waals surface area contributed by atoms with Crippen molar-refractivity contribution < 1.29 is 9.53 Å². The minimum atomic E-state index is -0.653. The Morgan fingerprint density at radius 2 is 2.00 bits per heavy atom. The molecule has 4 heterocycles. The molecule has 0 atom stereocenters. The highest BCUT2D eigenvalue weighted by Gasteiger charge is 2.26. The number of amides is 1. The lowest BCUT2D eigenvalue weighted by Crippen LogP contribution is -2.16. The van der Waals surface area contributed by atoms with E-state index in [1.54, 1.807) is 38.1 Å². The minimum absolute atomic E-state index is 0.110. The van der Waals surface area contributed by atoms with E-state index in [1.165, 1.54) is 12.8 Å². The van der Waals surface area contributed by atoms with Crippen LogP contribution in [-0.2, 0) is 0 Å². The maximum atomic E-state index is 12.3. The third-order valence-electron chi connectivity index (χ3n) is 5.71. The average Bonchev–Trinajstić information content (AvgIpc) is 3.34. The van der Waals surface area contributed by atoms with Crippen LogP contribution < -0.4 is 10.5 Å². The molecule has 1 saturated carbocycles. The summed E-state index contributed by atoms with van der Waals surface area (Å²) in [6.45, 7) is 4.04. The molecule has 0 bridgehead atoms. The number of primary amides is 1. The van der Waals surface area contributed by atoms with Gasteiger partial charge in [-0.3, -0.25) is 9.78 Å². The summed E-state index contributed by atoms with van der Waals surface area (Å²) in [7, 11) is 1.59. The van der Waals surface area contributed by atoms with Crippen molar-refractivity contribution in [3.63, 3.8) is 0 Å². The van der Waals surface area contributed by atoms with Crippen LogP contribution in [0.2, 0.25) is 0 Å². The van der Waals surface area contributed by atoms with Gasteiger partial charge in [-0.05, 0) is 44.9 Å². The van der Waals surface area contributed by atoms with Crippen molar-refractivity contribution in [1.82, 2.24) is 34.3 Å². The van der Waals surface area contributed by atoms with Crippen molar-refractivity contribution >= 4 is 5.91 Å². The Hall–Kier alpha value is -4.08. The van der Waals surface area contributed by atoms with Gasteiger partial charge in [-0.1, -0.05) is 0 Å². The molecule has 33 heavy (non-hydrogen) atoms. The summed E-state index contributed by atoms with van der Waals surface area (Å²) in [5.41, 5.74) is 9.23. The van der Waals surface area contributed by atoms with Crippen molar-refractivity contribution in [2.24, 2.45) is 5.73 Å². The van der Waals surface area contributed by atoms with Crippen LogP contribution in [0.4, 0.5) is 0 Å². The number of nitrogens with two attached hydrogens (primary N) is 1. The zero-order valence-corrected chi connectivity index (χ0v) is 18.6. The number of imidazole rings is 1. The fraction of sp³-hybridized carbons (Fsp3) is 0.304. The molecule has 0 aromatic carbocycles. The number of methoxy groups -OCH3 is 1. The Kier molecular flexibility index (Phi) is 5.12. The molecule has 0 saturated heterocycles. The summed E-state index contributed by atoms with van der Waals surface area (Å²) < 4.78 is 9.31. The average molecular weight is 444 g/mol. The van der Waals surface area contributed by atoms with Gasteiger partial charge in [-0.2, -0.15) is 0 Å². The van der Waals surface area contributed by atoms with E-state index in [0.717, 1.165) is 11.4 Å². The molecule has 1 fully saturated rings. The first kappa shape index (κ1) is 20.8. The Morgan fingerprint density at radius 1 is 1.18 bits per heavy atom. The third-order valence-corrected chi connectivity index (χ3v) is 5.71. The molecular formula is C23H24N8O2. The van der Waals surface area contributed by atoms with Crippen LogP contribution in [0.25, 0.3) is 28.5 Å². The Bertz CT molecular complexity index is 1340. The monoisotopic (exact) mass is 444 g/mol. The number of hydrogen-bond acceptors (Lipinski definition) is 7. The van der Waals surface area contributed by atoms with Gasteiger partial charge in [0.25, 0.3) is 5.91 Å². The van der Waals surface area contributed by atoms with Crippen LogP contribution in [-0.4, -0.2) is 47.3 Å². The molecule has 10 nitrogen and oxygen atoms in total. The first-order valence-electron chi connectivity index (χ1n) is 10.8. The predicted molar refractivity (Wildman–Crippen MR) is 121 cm³/mol. The van der Waals surface area contributed by atoms with E-state index in [2.05, 4.69) is 25.1 Å². The Morgan fingerprint density at radius 3 is 2.70 bits per heavy atom. The van der Waals surface area contributed by atoms with E-state index < -0.39 is 5.91 Å². The number of hydrogen-bond donors (Lipinski definition) is 1. The first-order chi connectivity index (χ1) is 16.0. The second-order valence-electron chi connectivity index (χ2n) is 8.33. The van der Waals surface area contributed by atoms with Crippen molar-refractivity contribution in [2.75, 3.05) is 7.11 Å². The zero-order valence-electron chi connectivity index (χ0n) is 18.6. The molecule has 10 heteroatoms. The van der Waals surface area contributed by atoms with Gasteiger partial charge < -0.3 is 19.6 Å². The lowest BCUT2D eigenvalue weighted by molar-refractivity contribution is 0.0996. The second-order valence-corrected chi connectivity index (χ2v) is 8.33. The highest BCUT2D eigenvalue weighted by molar-refractivity contribution is 5.98. The van der Waals surface area contributed by atoms with Crippen LogP contribution >= 0.6 is 0 Å². The number of pyridine rings is 2. The number of nitrogens with zero attached hydrogens (tertiary/aromatic N) is 7. The fourth-order valence-corrected chi connectivity index (χ4v) is 3.78. The zero-order chi connectivity index (χ0) is 23.1. The molecule has 0 aliphatic heterocycles. The Labute approximate surface area is 190 Å². The van der Waals surface area contributed by atoms with Crippen LogP contribution in [0.1, 0.15) is 54.8 Å². The quantitative estimate of drug-likeness (QED) is 0.464. The van der Waals surface area contributed by atoms with E-state index in [-0.39, 0.29) is 11.7 Å². The maximum Gasteiger partial charge on any atom is 0.268 e. The molecule has 4 aromatic heterocycles. The predicted octanol–water partition coefficient (Wildman–Crippen LogP) is 3.15. The first-order valence-corrected chi connectivity index (χ1v) is 10.8. The van der Waals surface area contributed by atoms with Gasteiger partial charge >= 0.3 is 0 Å². The number of rotatable bonds is 7. The smallest absolute Gasteiger partial charge is 0.268 e. The summed E-state index contributed by atoms with van der Waals surface area (Å²) >= 11 is 0. The van der Waals surface area contributed by atoms with Crippen LogP contribution in [0, 0.1) is 0 Å². The third kappa shape index (κ3) is 3.84. The molecule has 4 aromatic rings. The van der Waals surface area contributed by atoms with E-state index in [4.69, 9.17) is 10.5 Å². The molecule has 1 aliphatic rings. The number of ether oxygens (including phenoxy) is 1. The number of carbonyl (C=O) groups is 1. The SMILES string of the molecule is COc1cnc(-c2ccc(-c3nncn3C(C)C)nc2C(N)=O)cc1-n1cnc(C2CC2)c1. The highest BCUT2D eigenvalue weighted by atomic mass is 16.5. The van der Waals surface area contributed by atoms with Crippen LogP contribution in [0.5, 0.6) is 5.75 Å². The van der Waals surface area contributed by atoms with Gasteiger partial charge in [0.1, 0.15) is 17.7 Å². The van der Waals surface area contributed by atoms with E-state index in [9.17, 15) is 4.79 Å². The van der Waals surface area contributed by atoms with Crippen molar-refractivity contribution in [3.8, 4) is 34.2 Å². The van der Waals surface area contributed by atoms with Gasteiger partial charge in [0.15, 0.2) is 11.6 Å². The van der Waals surface area contributed by atoms with E-state index >= 15 is 0 Å². The van der Waals surface area contributed by atoms with Crippen molar-refractivity contribution in [3.05, 3.63) is 54.6 Å². The standard InChI is InChI=1S/C23H24N8O2/c1-13(2)31-12-27-29-23(31)16-7-6-15(21(28-16)22(24)32)17-8-19(20(33-3)9-25-17)30-10-18(26-11-30)14-4-5-14/h6-14H,4-5H2,1-3H3,(H2,24,32). The van der Waals surface area contributed by atoms with E-state index in [0.29, 0.717) is 34.4 Å². The molecule has 2 N–H and O–H groups in total. The molecule has 1 amide bonds. The molecule has 1 aliphatic carbocycles. The molecule has 168 valence electrons. The second kappa shape index (κ2) is 8.12. The molecular weight excluding hydrogens is 420 g/mol. The van der Waals surface area contributed by atoms with Crippen LogP contribution in [0.3, 0.4) is 0 Å². The van der Waals surface area contributed by atoms with Crippen molar-refractivity contribution in [1.29, 1.82) is 0 Å². The topological polar surface area (TPSA) is 127 Å². The summed E-state index contributed by atoms with van der Waals surface area (Å²) in [5.74, 6) is 1.03. The van der Waals surface area contributed by atoms with Gasteiger partial charge in [-0.15, -0.1) is 10.2 Å². The summed E-state index contributed by atoms with van der Waals surface area (Å²) in [5, 5.41) is 8.14. The number of carbonyl (C=O) groups excluding carboxylic acids is 1. The van der Waals surface area contributed by atoms with Crippen molar-refractivity contribution in [2.45, 2.75) is 38.6 Å². The highest BCUT2D eigenvalue weighted by Crippen LogP contribution is 2.39. The number of aromatic nitrogens is 7. The minimum Gasteiger partial charge on any atom is -0.493 e. The molecule has 5 rings (SSSR count).